The van der Waals surface area contributed by atoms with Crippen LogP contribution in [0.2, 0.25) is 5.02 Å². The van der Waals surface area contributed by atoms with E-state index >= 15 is 0 Å². The van der Waals surface area contributed by atoms with E-state index in [-0.39, 0.29) is 63.7 Å². The van der Waals surface area contributed by atoms with E-state index in [0.717, 1.165) is 25.8 Å². The molecule has 0 aromatic carbocycles. The van der Waals surface area contributed by atoms with Gasteiger partial charge in [0, 0.05) is 51.8 Å². The molecule has 13 heteroatoms. The molecule has 1 saturated carbocycles. The maximum absolute atomic E-state index is 13.5. The number of amides is 4. The number of hydrogen-bond acceptors (Lipinski definition) is 8. The molecule has 1 aliphatic carbocycles. The van der Waals surface area contributed by atoms with Crippen LogP contribution in [0.15, 0.2) is 34.9 Å². The molecule has 0 unspecified atom stereocenters. The number of fused-ring (bicyclic) bond motifs is 1. The lowest BCUT2D eigenvalue weighted by Crippen LogP contribution is -2.40. The zero-order valence-electron chi connectivity index (χ0n) is 23.5. The molecule has 3 aromatic heterocycles. The minimum atomic E-state index is -0.653. The van der Waals surface area contributed by atoms with Crippen LogP contribution >= 0.6 is 11.6 Å². The first-order valence-corrected chi connectivity index (χ1v) is 14.3. The Morgan fingerprint density at radius 3 is 2.60 bits per heavy atom. The normalized spacial score (nSPS) is 18.7. The molecule has 1 saturated heterocycles. The zero-order valence-corrected chi connectivity index (χ0v) is 24.3. The quantitative estimate of drug-likeness (QED) is 0.377. The number of methoxy groups -OCH3 is 1. The smallest absolute Gasteiger partial charge is 0.294 e. The van der Waals surface area contributed by atoms with Crippen LogP contribution in [0.1, 0.15) is 59.6 Å². The minimum absolute atomic E-state index is 0.0764. The lowest BCUT2D eigenvalue weighted by Gasteiger charge is -2.34. The fraction of sp³-hybridized carbons (Fsp3) is 0.448. The SMILES string of the molecule is COCCN(C)C(=O)c1ccc2oc(C(=O)Nc3ccc(Cl)cn3)c(NC(=O)C3CCC(N4CCCC4=O)CC3)c2n1. The molecule has 4 amide bonds. The van der Waals surface area contributed by atoms with Crippen molar-refractivity contribution in [3.05, 3.63) is 46.9 Å². The third-order valence-electron chi connectivity index (χ3n) is 7.77. The van der Waals surface area contributed by atoms with Gasteiger partial charge in [0.25, 0.3) is 11.8 Å². The van der Waals surface area contributed by atoms with Crippen LogP contribution in [0.4, 0.5) is 11.5 Å². The zero-order chi connectivity index (χ0) is 29.8. The van der Waals surface area contributed by atoms with Crippen molar-refractivity contribution in [2.24, 2.45) is 5.92 Å². The average molecular weight is 597 g/mol. The number of likely N-dealkylation sites (tertiary alicyclic amines) is 1. The fourth-order valence-electron chi connectivity index (χ4n) is 5.45. The summed E-state index contributed by atoms with van der Waals surface area (Å²) in [5.41, 5.74) is 0.610. The van der Waals surface area contributed by atoms with Crippen molar-refractivity contribution in [2.45, 2.75) is 44.6 Å². The summed E-state index contributed by atoms with van der Waals surface area (Å²) < 4.78 is 10.9. The second-order valence-electron chi connectivity index (χ2n) is 10.6. The summed E-state index contributed by atoms with van der Waals surface area (Å²) in [6.45, 7) is 1.49. The van der Waals surface area contributed by atoms with Crippen LogP contribution in [0, 0.1) is 5.92 Å². The van der Waals surface area contributed by atoms with E-state index in [1.54, 1.807) is 26.3 Å². The monoisotopic (exact) mass is 596 g/mol. The van der Waals surface area contributed by atoms with Gasteiger partial charge in [-0.2, -0.15) is 0 Å². The maximum atomic E-state index is 13.5. The Hall–Kier alpha value is -4.03. The third-order valence-corrected chi connectivity index (χ3v) is 8.00. The summed E-state index contributed by atoms with van der Waals surface area (Å²) in [6, 6.07) is 6.32. The molecule has 3 aromatic rings. The Kier molecular flexibility index (Phi) is 9.03. The number of pyridine rings is 2. The summed E-state index contributed by atoms with van der Waals surface area (Å²) in [5.74, 6) is -1.35. The molecule has 2 N–H and O–H groups in total. The number of furan rings is 1. The van der Waals surface area contributed by atoms with Crippen molar-refractivity contribution in [1.82, 2.24) is 19.8 Å². The predicted octanol–water partition coefficient (Wildman–Crippen LogP) is 3.97. The second-order valence-corrected chi connectivity index (χ2v) is 11.0. The van der Waals surface area contributed by atoms with Gasteiger partial charge in [-0.15, -0.1) is 0 Å². The largest absolute Gasteiger partial charge is 0.447 e. The number of carbonyl (C=O) groups excluding carboxylic acids is 4. The van der Waals surface area contributed by atoms with Gasteiger partial charge in [-0.3, -0.25) is 19.2 Å². The van der Waals surface area contributed by atoms with Crippen LogP contribution in [0.5, 0.6) is 0 Å². The Labute approximate surface area is 247 Å². The molecule has 222 valence electrons. The fourth-order valence-corrected chi connectivity index (χ4v) is 5.56. The van der Waals surface area contributed by atoms with E-state index < -0.39 is 5.91 Å². The van der Waals surface area contributed by atoms with E-state index in [2.05, 4.69) is 20.6 Å². The summed E-state index contributed by atoms with van der Waals surface area (Å²) in [7, 11) is 3.18. The summed E-state index contributed by atoms with van der Waals surface area (Å²) in [5, 5.41) is 5.94. The molecule has 1 aliphatic heterocycles. The molecule has 2 aliphatic rings. The van der Waals surface area contributed by atoms with Gasteiger partial charge in [-0.1, -0.05) is 11.6 Å². The van der Waals surface area contributed by atoms with E-state index in [1.165, 1.54) is 23.2 Å². The van der Waals surface area contributed by atoms with Crippen molar-refractivity contribution < 1.29 is 28.3 Å². The molecular formula is C29H33ClN6O6. The number of carbonyl (C=O) groups is 4. The first-order valence-electron chi connectivity index (χ1n) is 14.0. The molecule has 2 fully saturated rings. The Bertz CT molecular complexity index is 1480. The van der Waals surface area contributed by atoms with E-state index in [9.17, 15) is 19.2 Å². The highest BCUT2D eigenvalue weighted by Crippen LogP contribution is 2.34. The average Bonchev–Trinajstić information content (AvgIpc) is 3.59. The maximum Gasteiger partial charge on any atom is 0.294 e. The Morgan fingerprint density at radius 2 is 1.93 bits per heavy atom. The molecule has 0 spiro atoms. The summed E-state index contributed by atoms with van der Waals surface area (Å²) in [4.78, 5) is 64.0. The first-order chi connectivity index (χ1) is 20.2. The number of aromatic nitrogens is 2. The van der Waals surface area contributed by atoms with E-state index in [0.29, 0.717) is 37.4 Å². The van der Waals surface area contributed by atoms with Crippen molar-refractivity contribution in [3.8, 4) is 0 Å². The van der Waals surface area contributed by atoms with E-state index in [4.69, 9.17) is 20.8 Å². The highest BCUT2D eigenvalue weighted by atomic mass is 35.5. The summed E-state index contributed by atoms with van der Waals surface area (Å²) in [6.07, 6.45) is 5.53. The molecule has 0 radical (unpaired) electrons. The molecule has 4 heterocycles. The van der Waals surface area contributed by atoms with Crippen LogP contribution in [-0.4, -0.2) is 83.3 Å². The molecular weight excluding hydrogens is 564 g/mol. The Balaban J connectivity index is 1.40. The highest BCUT2D eigenvalue weighted by Gasteiger charge is 2.34. The number of nitrogens with one attached hydrogen (secondary N) is 2. The standard InChI is InChI=1S/C29H33ClN6O6/c1-35(14-15-41-2)29(40)20-10-11-21-24(32-20)25(26(42-21)28(39)33-22-12-7-18(30)16-31-22)34-27(38)17-5-8-19(9-6-17)36-13-3-4-23(36)37/h7,10-12,16-17,19H,3-6,8-9,13-15H2,1-2H3,(H,34,38)(H,31,33,39). The van der Waals surface area contributed by atoms with Crippen molar-refractivity contribution >= 4 is 57.8 Å². The highest BCUT2D eigenvalue weighted by molar-refractivity contribution is 6.30. The van der Waals surface area contributed by atoms with Gasteiger partial charge in [0.2, 0.25) is 17.6 Å². The number of nitrogens with zero attached hydrogens (tertiary/aromatic N) is 4. The summed E-state index contributed by atoms with van der Waals surface area (Å²) >= 11 is 5.91. The van der Waals surface area contributed by atoms with E-state index in [1.807, 2.05) is 4.90 Å². The third kappa shape index (κ3) is 6.39. The number of anilines is 2. The first kappa shape index (κ1) is 29.5. The minimum Gasteiger partial charge on any atom is -0.447 e. The van der Waals surface area contributed by atoms with Crippen LogP contribution < -0.4 is 10.6 Å². The lowest BCUT2D eigenvalue weighted by atomic mass is 9.84. The predicted molar refractivity (Wildman–Crippen MR) is 155 cm³/mol. The lowest BCUT2D eigenvalue weighted by molar-refractivity contribution is -0.130. The van der Waals surface area contributed by atoms with Crippen LogP contribution in [-0.2, 0) is 14.3 Å². The molecule has 5 rings (SSSR count). The van der Waals surface area contributed by atoms with Crippen LogP contribution in [0.3, 0.4) is 0 Å². The molecule has 0 atom stereocenters. The van der Waals surface area contributed by atoms with Gasteiger partial charge < -0.3 is 29.6 Å². The van der Waals surface area contributed by atoms with Gasteiger partial charge in [0.15, 0.2) is 5.58 Å². The molecule has 42 heavy (non-hydrogen) atoms. The van der Waals surface area contributed by atoms with Gasteiger partial charge in [-0.25, -0.2) is 9.97 Å². The number of ether oxygens (including phenoxy) is 1. The van der Waals surface area contributed by atoms with Crippen molar-refractivity contribution in [1.29, 1.82) is 0 Å². The van der Waals surface area contributed by atoms with Gasteiger partial charge in [0.05, 0.1) is 11.6 Å². The number of likely N-dealkylation sites (N-methyl/N-ethyl adjacent to an activating group) is 1. The molecule has 0 bridgehead atoms. The number of rotatable bonds is 9. The van der Waals surface area contributed by atoms with Gasteiger partial charge in [-0.05, 0) is 56.4 Å². The second kappa shape index (κ2) is 12.9. The molecule has 12 nitrogen and oxygen atoms in total. The topological polar surface area (TPSA) is 147 Å². The van der Waals surface area contributed by atoms with Gasteiger partial charge >= 0.3 is 0 Å². The van der Waals surface area contributed by atoms with Crippen molar-refractivity contribution in [2.75, 3.05) is 44.5 Å². The van der Waals surface area contributed by atoms with Gasteiger partial charge in [0.1, 0.15) is 22.7 Å². The Morgan fingerprint density at radius 1 is 1.14 bits per heavy atom. The van der Waals surface area contributed by atoms with Crippen LogP contribution in [0.25, 0.3) is 11.1 Å². The van der Waals surface area contributed by atoms with Crippen molar-refractivity contribution in [3.63, 3.8) is 0 Å². The number of halogens is 1. The number of hydrogen-bond donors (Lipinski definition) is 2.